The van der Waals surface area contributed by atoms with Crippen LogP contribution in [0.1, 0.15) is 43.9 Å². The van der Waals surface area contributed by atoms with Crippen LogP contribution in [0.25, 0.3) is 0 Å². The Kier molecular flexibility index (Phi) is 4.40. The molecule has 0 fully saturated rings. The van der Waals surface area contributed by atoms with E-state index in [1.54, 1.807) is 24.1 Å². The second-order valence-electron chi connectivity index (χ2n) is 5.78. The highest BCUT2D eigenvalue weighted by molar-refractivity contribution is 5.88. The fraction of sp³-hybridized carbons (Fsp3) is 0.571. The van der Waals surface area contributed by atoms with Crippen molar-refractivity contribution in [3.05, 3.63) is 30.1 Å². The topological polar surface area (TPSA) is 74.8 Å². The maximum absolute atomic E-state index is 12.0. The van der Waals surface area contributed by atoms with E-state index in [0.29, 0.717) is 25.4 Å². The van der Waals surface area contributed by atoms with Gasteiger partial charge in [-0.05, 0) is 6.92 Å². The molecule has 0 amide bonds. The molecule has 0 unspecified atom stereocenters. The lowest BCUT2D eigenvalue weighted by Crippen LogP contribution is -2.23. The van der Waals surface area contributed by atoms with Crippen molar-refractivity contribution in [2.45, 2.75) is 46.2 Å². The molecule has 0 saturated carbocycles. The minimum atomic E-state index is -0.420. The first-order valence-corrected chi connectivity index (χ1v) is 7.00. The molecule has 21 heavy (non-hydrogen) atoms. The second kappa shape index (κ2) is 6.07. The summed E-state index contributed by atoms with van der Waals surface area (Å²) in [7, 11) is 0. The Labute approximate surface area is 123 Å². The highest BCUT2D eigenvalue weighted by Crippen LogP contribution is 2.25. The van der Waals surface area contributed by atoms with Gasteiger partial charge in [-0.2, -0.15) is 0 Å². The van der Waals surface area contributed by atoms with Crippen LogP contribution in [0.2, 0.25) is 0 Å². The molecule has 0 radical (unpaired) electrons. The summed E-state index contributed by atoms with van der Waals surface area (Å²) in [6.07, 6.45) is 5.37. The van der Waals surface area contributed by atoms with Gasteiger partial charge in [-0.3, -0.25) is 0 Å². The largest absolute Gasteiger partial charge is 0.461 e. The average Bonchev–Trinajstić information content (AvgIpc) is 3.05. The maximum Gasteiger partial charge on any atom is 0.360 e. The predicted octanol–water partition coefficient (Wildman–Crippen LogP) is 1.65. The predicted molar refractivity (Wildman–Crippen MR) is 76.9 cm³/mol. The van der Waals surface area contributed by atoms with Crippen molar-refractivity contribution >= 4 is 5.97 Å². The van der Waals surface area contributed by atoms with E-state index in [2.05, 4.69) is 15.3 Å². The molecule has 114 valence electrons. The van der Waals surface area contributed by atoms with Crippen molar-refractivity contribution in [3.8, 4) is 0 Å². The molecule has 2 heterocycles. The molecule has 2 rings (SSSR count). The number of nitrogens with zero attached hydrogens (tertiary/aromatic N) is 5. The van der Waals surface area contributed by atoms with E-state index in [0.717, 1.165) is 5.69 Å². The zero-order chi connectivity index (χ0) is 15.5. The summed E-state index contributed by atoms with van der Waals surface area (Å²) in [4.78, 5) is 16.0. The first-order valence-electron chi connectivity index (χ1n) is 7.00. The molecule has 0 saturated heterocycles. The van der Waals surface area contributed by atoms with Gasteiger partial charge in [0.1, 0.15) is 0 Å². The standard InChI is InChI=1S/C14H21N5O2/c1-5-21-13(20)11-12(14(2,3)4)19(17-16-11)9-8-18-7-6-15-10-18/h6-7,10H,5,8-9H2,1-4H3. The van der Waals surface area contributed by atoms with Gasteiger partial charge >= 0.3 is 5.97 Å². The highest BCUT2D eigenvalue weighted by atomic mass is 16.5. The van der Waals surface area contributed by atoms with Crippen LogP contribution in [0.15, 0.2) is 18.7 Å². The lowest BCUT2D eigenvalue weighted by molar-refractivity contribution is 0.0516. The summed E-state index contributed by atoms with van der Waals surface area (Å²) < 4.78 is 8.78. The van der Waals surface area contributed by atoms with E-state index in [1.807, 2.05) is 31.5 Å². The lowest BCUT2D eigenvalue weighted by atomic mass is 9.90. The number of aromatic nitrogens is 5. The Balaban J connectivity index is 2.26. The van der Waals surface area contributed by atoms with Gasteiger partial charge in [-0.25, -0.2) is 14.5 Å². The van der Waals surface area contributed by atoms with E-state index >= 15 is 0 Å². The Morgan fingerprint density at radius 2 is 2.10 bits per heavy atom. The lowest BCUT2D eigenvalue weighted by Gasteiger charge is -2.20. The minimum Gasteiger partial charge on any atom is -0.461 e. The van der Waals surface area contributed by atoms with Crippen LogP contribution in [0.5, 0.6) is 0 Å². The average molecular weight is 291 g/mol. The fourth-order valence-corrected chi connectivity index (χ4v) is 2.18. The van der Waals surface area contributed by atoms with Crippen molar-refractivity contribution in [3.63, 3.8) is 0 Å². The molecular weight excluding hydrogens is 270 g/mol. The number of rotatable bonds is 5. The molecule has 7 heteroatoms. The number of hydrogen-bond donors (Lipinski definition) is 0. The molecule has 0 aliphatic carbocycles. The van der Waals surface area contributed by atoms with Gasteiger partial charge in [-0.1, -0.05) is 26.0 Å². The normalized spacial score (nSPS) is 11.6. The zero-order valence-electron chi connectivity index (χ0n) is 12.9. The van der Waals surface area contributed by atoms with Crippen LogP contribution >= 0.6 is 0 Å². The quantitative estimate of drug-likeness (QED) is 0.783. The third-order valence-corrected chi connectivity index (χ3v) is 3.04. The number of ether oxygens (including phenoxy) is 1. The van der Waals surface area contributed by atoms with Crippen LogP contribution in [-0.2, 0) is 23.2 Å². The summed E-state index contributed by atoms with van der Waals surface area (Å²) in [5, 5.41) is 8.13. The molecular formula is C14H21N5O2. The van der Waals surface area contributed by atoms with Crippen LogP contribution in [-0.4, -0.2) is 37.1 Å². The molecule has 0 aromatic carbocycles. The summed E-state index contributed by atoms with van der Waals surface area (Å²) in [5.74, 6) is -0.420. The van der Waals surface area contributed by atoms with Gasteiger partial charge in [0.05, 0.1) is 25.2 Å². The number of imidazole rings is 1. The molecule has 0 N–H and O–H groups in total. The van der Waals surface area contributed by atoms with Gasteiger partial charge in [-0.15, -0.1) is 5.10 Å². The highest BCUT2D eigenvalue weighted by Gasteiger charge is 2.29. The van der Waals surface area contributed by atoms with Crippen molar-refractivity contribution in [2.24, 2.45) is 0 Å². The monoisotopic (exact) mass is 291 g/mol. The van der Waals surface area contributed by atoms with Gasteiger partial charge < -0.3 is 9.30 Å². The van der Waals surface area contributed by atoms with Crippen molar-refractivity contribution < 1.29 is 9.53 Å². The zero-order valence-corrected chi connectivity index (χ0v) is 12.9. The first-order chi connectivity index (χ1) is 9.93. The first kappa shape index (κ1) is 15.2. The number of carbonyl (C=O) groups excluding carboxylic acids is 1. The molecule has 0 bridgehead atoms. The fourth-order valence-electron chi connectivity index (χ4n) is 2.18. The molecule has 2 aromatic rings. The van der Waals surface area contributed by atoms with Gasteiger partial charge in [0.25, 0.3) is 0 Å². The number of hydrogen-bond acceptors (Lipinski definition) is 5. The Bertz CT molecular complexity index is 595. The molecule has 0 spiro atoms. The van der Waals surface area contributed by atoms with Crippen molar-refractivity contribution in [1.82, 2.24) is 24.5 Å². The van der Waals surface area contributed by atoms with Gasteiger partial charge in [0.15, 0.2) is 5.69 Å². The Morgan fingerprint density at radius 1 is 1.33 bits per heavy atom. The van der Waals surface area contributed by atoms with Crippen molar-refractivity contribution in [2.75, 3.05) is 6.61 Å². The van der Waals surface area contributed by atoms with Crippen molar-refractivity contribution in [1.29, 1.82) is 0 Å². The van der Waals surface area contributed by atoms with E-state index in [-0.39, 0.29) is 5.41 Å². The van der Waals surface area contributed by atoms with E-state index in [9.17, 15) is 4.79 Å². The molecule has 2 aromatic heterocycles. The van der Waals surface area contributed by atoms with E-state index in [4.69, 9.17) is 4.74 Å². The second-order valence-corrected chi connectivity index (χ2v) is 5.78. The molecule has 0 aliphatic heterocycles. The van der Waals surface area contributed by atoms with Crippen LogP contribution in [0.3, 0.4) is 0 Å². The number of esters is 1. The van der Waals surface area contributed by atoms with E-state index in [1.165, 1.54) is 0 Å². The molecule has 7 nitrogen and oxygen atoms in total. The third-order valence-electron chi connectivity index (χ3n) is 3.04. The SMILES string of the molecule is CCOC(=O)c1nnn(CCn2ccnc2)c1C(C)(C)C. The summed E-state index contributed by atoms with van der Waals surface area (Å²) in [5.41, 5.74) is 0.844. The number of carbonyl (C=O) groups is 1. The molecule has 0 atom stereocenters. The Morgan fingerprint density at radius 3 is 2.67 bits per heavy atom. The third kappa shape index (κ3) is 3.48. The number of aryl methyl sites for hydroxylation is 2. The van der Waals surface area contributed by atoms with E-state index < -0.39 is 5.97 Å². The molecule has 0 aliphatic rings. The minimum absolute atomic E-state index is 0.249. The summed E-state index contributed by atoms with van der Waals surface area (Å²) in [6.45, 7) is 9.53. The van der Waals surface area contributed by atoms with Gasteiger partial charge in [0, 0.05) is 24.4 Å². The van der Waals surface area contributed by atoms with Gasteiger partial charge in [0.2, 0.25) is 0 Å². The van der Waals surface area contributed by atoms with Crippen LogP contribution in [0, 0.1) is 0 Å². The van der Waals surface area contributed by atoms with Crippen LogP contribution in [0.4, 0.5) is 0 Å². The Hall–Kier alpha value is -2.18. The maximum atomic E-state index is 12.0. The van der Waals surface area contributed by atoms with Crippen LogP contribution < -0.4 is 0 Å². The summed E-state index contributed by atoms with van der Waals surface area (Å²) in [6, 6.07) is 0. The smallest absolute Gasteiger partial charge is 0.360 e. The summed E-state index contributed by atoms with van der Waals surface area (Å²) >= 11 is 0.